The quantitative estimate of drug-likeness (QED) is 0.750. The van der Waals surface area contributed by atoms with Crippen LogP contribution in [0.25, 0.3) is 5.69 Å². The van der Waals surface area contributed by atoms with Crippen LogP contribution in [0.15, 0.2) is 42.5 Å². The van der Waals surface area contributed by atoms with E-state index in [4.69, 9.17) is 0 Å². The van der Waals surface area contributed by atoms with Crippen molar-refractivity contribution in [3.05, 3.63) is 59.7 Å². The second-order valence-corrected chi connectivity index (χ2v) is 5.64. The summed E-state index contributed by atoms with van der Waals surface area (Å²) in [4.78, 5) is 12.1. The van der Waals surface area contributed by atoms with Gasteiger partial charge in [-0.05, 0) is 48.5 Å². The van der Waals surface area contributed by atoms with E-state index >= 15 is 0 Å². The van der Waals surface area contributed by atoms with E-state index in [1.54, 1.807) is 4.68 Å². The van der Waals surface area contributed by atoms with Gasteiger partial charge in [-0.3, -0.25) is 4.79 Å². The van der Waals surface area contributed by atoms with Gasteiger partial charge >= 0.3 is 0 Å². The summed E-state index contributed by atoms with van der Waals surface area (Å²) in [6, 6.07) is 13.7. The van der Waals surface area contributed by atoms with Gasteiger partial charge in [0.2, 0.25) is 5.91 Å². The number of nitrogens with zero attached hydrogens (tertiary/aromatic N) is 5. The number of hydrogen-bond donors (Lipinski definition) is 1. The van der Waals surface area contributed by atoms with Crippen molar-refractivity contribution in [3.63, 3.8) is 0 Å². The van der Waals surface area contributed by atoms with Gasteiger partial charge in [0.1, 0.15) is 0 Å². The summed E-state index contributed by atoms with van der Waals surface area (Å²) >= 11 is 0. The van der Waals surface area contributed by atoms with Gasteiger partial charge < -0.3 is 9.88 Å². The minimum atomic E-state index is -0.0230. The summed E-state index contributed by atoms with van der Waals surface area (Å²) in [6.07, 6.45) is 0.420. The summed E-state index contributed by atoms with van der Waals surface area (Å²) in [5.41, 5.74) is 3.19. The number of aryl methyl sites for hydroxylation is 2. The smallest absolute Gasteiger partial charge is 0.222 e. The molecule has 3 aromatic rings. The third-order valence-electron chi connectivity index (χ3n) is 3.96. The molecule has 0 saturated heterocycles. The Kier molecular flexibility index (Phi) is 4.69. The molecule has 0 unspecified atom stereocenters. The van der Waals surface area contributed by atoms with E-state index in [9.17, 15) is 4.79 Å². The molecule has 7 heteroatoms. The lowest BCUT2D eigenvalue weighted by Crippen LogP contribution is -2.26. The van der Waals surface area contributed by atoms with Crippen LogP contribution in [-0.4, -0.2) is 30.7 Å². The zero-order valence-corrected chi connectivity index (χ0v) is 13.8. The molecule has 0 spiro atoms. The highest BCUT2D eigenvalue weighted by molar-refractivity contribution is 5.75. The second-order valence-electron chi connectivity index (χ2n) is 5.64. The van der Waals surface area contributed by atoms with Crippen LogP contribution in [0, 0.1) is 13.8 Å². The fourth-order valence-electron chi connectivity index (χ4n) is 2.62. The van der Waals surface area contributed by atoms with E-state index in [1.165, 1.54) is 0 Å². The maximum absolute atomic E-state index is 12.1. The van der Waals surface area contributed by atoms with Crippen molar-refractivity contribution in [2.24, 2.45) is 0 Å². The van der Waals surface area contributed by atoms with Gasteiger partial charge in [-0.15, -0.1) is 5.10 Å². The number of hydrogen-bond acceptors (Lipinski definition) is 4. The Morgan fingerprint density at radius 1 is 1.08 bits per heavy atom. The first-order chi connectivity index (χ1) is 11.6. The number of nitrogens with one attached hydrogen (secondary N) is 1. The zero-order chi connectivity index (χ0) is 16.9. The summed E-state index contributed by atoms with van der Waals surface area (Å²) in [7, 11) is 0. The highest BCUT2D eigenvalue weighted by atomic mass is 16.1. The fourth-order valence-corrected chi connectivity index (χ4v) is 2.62. The molecule has 0 radical (unpaired) electrons. The van der Waals surface area contributed by atoms with Gasteiger partial charge in [0, 0.05) is 24.4 Å². The van der Waals surface area contributed by atoms with Gasteiger partial charge in [0.15, 0.2) is 5.82 Å². The molecular formula is C17H20N6O. The van der Waals surface area contributed by atoms with E-state index < -0.39 is 0 Å². The number of amides is 1. The van der Waals surface area contributed by atoms with Crippen LogP contribution >= 0.6 is 0 Å². The van der Waals surface area contributed by atoms with E-state index in [-0.39, 0.29) is 5.91 Å². The second kappa shape index (κ2) is 7.08. The Morgan fingerprint density at radius 3 is 2.50 bits per heavy atom. The molecule has 0 atom stereocenters. The Bertz CT molecular complexity index is 801. The maximum atomic E-state index is 12.1. The van der Waals surface area contributed by atoms with Gasteiger partial charge in [0.25, 0.3) is 0 Å². The molecular weight excluding hydrogens is 304 g/mol. The standard InChI is InChI=1S/C17H20N6O/c1-13-8-9-14(2)22(13)11-10-17(24)18-12-16-19-20-21-23(16)15-6-4-3-5-7-15/h3-9H,10-12H2,1-2H3,(H,18,24). The van der Waals surface area contributed by atoms with Crippen molar-refractivity contribution in [2.75, 3.05) is 0 Å². The molecule has 2 heterocycles. The average Bonchev–Trinajstić information content (AvgIpc) is 3.19. The third kappa shape index (κ3) is 3.51. The molecule has 2 aromatic heterocycles. The molecule has 3 rings (SSSR count). The van der Waals surface area contributed by atoms with Crippen molar-refractivity contribution in [1.29, 1.82) is 0 Å². The first kappa shape index (κ1) is 15.9. The lowest BCUT2D eigenvalue weighted by Gasteiger charge is -2.10. The minimum absolute atomic E-state index is 0.0230. The van der Waals surface area contributed by atoms with Crippen molar-refractivity contribution >= 4 is 5.91 Å². The number of benzene rings is 1. The zero-order valence-electron chi connectivity index (χ0n) is 13.8. The molecule has 0 bridgehead atoms. The normalized spacial score (nSPS) is 10.8. The van der Waals surface area contributed by atoms with Gasteiger partial charge in [-0.1, -0.05) is 18.2 Å². The summed E-state index contributed by atoms with van der Waals surface area (Å²) in [5, 5.41) is 14.5. The summed E-state index contributed by atoms with van der Waals surface area (Å²) < 4.78 is 3.76. The predicted octanol–water partition coefficient (Wildman–Crippen LogP) is 1.79. The van der Waals surface area contributed by atoms with Gasteiger partial charge in [-0.2, -0.15) is 4.68 Å². The van der Waals surface area contributed by atoms with Crippen molar-refractivity contribution < 1.29 is 4.79 Å². The molecule has 0 fully saturated rings. The SMILES string of the molecule is Cc1ccc(C)n1CCC(=O)NCc1nnnn1-c1ccccc1. The van der Waals surface area contributed by atoms with E-state index in [0.717, 1.165) is 17.1 Å². The van der Waals surface area contributed by atoms with Crippen molar-refractivity contribution in [2.45, 2.75) is 33.4 Å². The van der Waals surface area contributed by atoms with E-state index in [0.29, 0.717) is 25.3 Å². The Balaban J connectivity index is 1.57. The Labute approximate surface area is 140 Å². The average molecular weight is 324 g/mol. The lowest BCUT2D eigenvalue weighted by atomic mass is 10.3. The largest absolute Gasteiger partial charge is 0.349 e. The number of carbonyl (C=O) groups excluding carboxylic acids is 1. The van der Waals surface area contributed by atoms with Gasteiger partial charge in [-0.25, -0.2) is 0 Å². The minimum Gasteiger partial charge on any atom is -0.349 e. The fraction of sp³-hybridized carbons (Fsp3) is 0.294. The number of tetrazole rings is 1. The van der Waals surface area contributed by atoms with Crippen LogP contribution in [0.2, 0.25) is 0 Å². The number of para-hydroxylation sites is 1. The van der Waals surface area contributed by atoms with Crippen LogP contribution in [0.5, 0.6) is 0 Å². The molecule has 1 aromatic carbocycles. The summed E-state index contributed by atoms with van der Waals surface area (Å²) in [6.45, 7) is 5.04. The van der Waals surface area contributed by atoms with Gasteiger partial charge in [0.05, 0.1) is 12.2 Å². The van der Waals surface area contributed by atoms with Crippen molar-refractivity contribution in [1.82, 2.24) is 30.1 Å². The maximum Gasteiger partial charge on any atom is 0.222 e. The molecule has 0 saturated carbocycles. The first-order valence-electron chi connectivity index (χ1n) is 7.87. The van der Waals surface area contributed by atoms with Crippen LogP contribution in [-0.2, 0) is 17.9 Å². The highest BCUT2D eigenvalue weighted by Gasteiger charge is 2.10. The van der Waals surface area contributed by atoms with E-state index in [1.807, 2.05) is 44.2 Å². The van der Waals surface area contributed by atoms with Crippen LogP contribution in [0.1, 0.15) is 23.6 Å². The lowest BCUT2D eigenvalue weighted by molar-refractivity contribution is -0.121. The Hall–Kier alpha value is -2.96. The summed E-state index contributed by atoms with van der Waals surface area (Å²) in [5.74, 6) is 0.577. The number of carbonyl (C=O) groups is 1. The number of aromatic nitrogens is 5. The molecule has 0 aliphatic carbocycles. The third-order valence-corrected chi connectivity index (χ3v) is 3.96. The monoisotopic (exact) mass is 324 g/mol. The molecule has 0 aliphatic heterocycles. The van der Waals surface area contributed by atoms with Crippen LogP contribution < -0.4 is 5.32 Å². The molecule has 1 N–H and O–H groups in total. The predicted molar refractivity (Wildman–Crippen MR) is 89.5 cm³/mol. The van der Waals surface area contributed by atoms with Crippen LogP contribution in [0.3, 0.4) is 0 Å². The molecule has 1 amide bonds. The number of rotatable bonds is 6. The molecule has 124 valence electrons. The molecule has 24 heavy (non-hydrogen) atoms. The highest BCUT2D eigenvalue weighted by Crippen LogP contribution is 2.08. The van der Waals surface area contributed by atoms with E-state index in [2.05, 4.69) is 37.5 Å². The van der Waals surface area contributed by atoms with Crippen molar-refractivity contribution in [3.8, 4) is 5.69 Å². The molecule has 0 aliphatic rings. The molecule has 7 nitrogen and oxygen atoms in total. The topological polar surface area (TPSA) is 77.6 Å². The first-order valence-corrected chi connectivity index (χ1v) is 7.87. The Morgan fingerprint density at radius 2 is 1.79 bits per heavy atom. The van der Waals surface area contributed by atoms with Crippen LogP contribution in [0.4, 0.5) is 0 Å².